The molecule has 2 fully saturated rings. The third-order valence-corrected chi connectivity index (χ3v) is 7.38. The normalized spacial score (nSPS) is 22.3. The van der Waals surface area contributed by atoms with Crippen molar-refractivity contribution in [2.45, 2.75) is 32.3 Å². The minimum Gasteiger partial charge on any atom is -0.490 e. The summed E-state index contributed by atoms with van der Waals surface area (Å²) in [5.41, 5.74) is 4.65. The van der Waals surface area contributed by atoms with Crippen LogP contribution in [0, 0.1) is 18.8 Å². The maximum atomic E-state index is 13.5. The van der Waals surface area contributed by atoms with Gasteiger partial charge >= 0.3 is 0 Å². The molecule has 5 rings (SSSR count). The molecule has 2 N–H and O–H groups in total. The molecule has 3 atom stereocenters. The minimum absolute atomic E-state index is 0.0139. The van der Waals surface area contributed by atoms with Crippen molar-refractivity contribution in [3.05, 3.63) is 66.4 Å². The summed E-state index contributed by atoms with van der Waals surface area (Å²) >= 11 is 0. The van der Waals surface area contributed by atoms with Gasteiger partial charge in [-0.15, -0.1) is 0 Å². The van der Waals surface area contributed by atoms with Gasteiger partial charge in [-0.3, -0.25) is 19.8 Å². The molecule has 8 nitrogen and oxygen atoms in total. The van der Waals surface area contributed by atoms with Gasteiger partial charge in [0.2, 0.25) is 11.8 Å². The molecule has 0 bridgehead atoms. The summed E-state index contributed by atoms with van der Waals surface area (Å²) in [5, 5.41) is 10.3. The number of nitrogens with one attached hydrogen (secondary N) is 1. The van der Waals surface area contributed by atoms with E-state index in [9.17, 15) is 14.8 Å². The summed E-state index contributed by atoms with van der Waals surface area (Å²) in [6.45, 7) is 4.65. The van der Waals surface area contributed by atoms with Crippen LogP contribution in [-0.4, -0.2) is 59.2 Å². The number of carbonyl (C=O) groups excluding carboxylic acids is 2. The Labute approximate surface area is 210 Å². The van der Waals surface area contributed by atoms with Gasteiger partial charge in [0.1, 0.15) is 5.75 Å². The molecule has 36 heavy (non-hydrogen) atoms. The molecule has 1 aliphatic heterocycles. The molecule has 1 aromatic heterocycles. The fourth-order valence-corrected chi connectivity index (χ4v) is 5.51. The highest BCUT2D eigenvalue weighted by molar-refractivity contribution is 5.88. The Morgan fingerprint density at radius 3 is 2.44 bits per heavy atom. The van der Waals surface area contributed by atoms with Gasteiger partial charge in [0.15, 0.2) is 0 Å². The Hall–Kier alpha value is -3.65. The number of rotatable bonds is 5. The van der Waals surface area contributed by atoms with Crippen molar-refractivity contribution in [2.75, 3.05) is 31.1 Å². The van der Waals surface area contributed by atoms with Crippen LogP contribution in [0.1, 0.15) is 25.0 Å². The second kappa shape index (κ2) is 10.5. The van der Waals surface area contributed by atoms with E-state index in [1.807, 2.05) is 60.4 Å². The number of pyridine rings is 1. The number of fused-ring (bicyclic) bond motifs is 1. The van der Waals surface area contributed by atoms with Crippen LogP contribution in [0.25, 0.3) is 10.9 Å². The number of hydrogen-bond donors (Lipinski definition) is 2. The Balaban J connectivity index is 1.27. The number of para-hydroxylation sites is 2. The largest absolute Gasteiger partial charge is 0.490 e. The number of amides is 2. The second-order valence-electron chi connectivity index (χ2n) is 9.67. The Bertz CT molecular complexity index is 1230. The highest BCUT2D eigenvalue weighted by atomic mass is 16.5. The summed E-state index contributed by atoms with van der Waals surface area (Å²) in [6.07, 6.45) is 1.31. The van der Waals surface area contributed by atoms with Crippen LogP contribution in [0.5, 0.6) is 5.75 Å². The van der Waals surface area contributed by atoms with Crippen LogP contribution < -0.4 is 15.1 Å². The zero-order valence-electron chi connectivity index (χ0n) is 20.5. The van der Waals surface area contributed by atoms with Gasteiger partial charge in [-0.2, -0.15) is 0 Å². The molecule has 8 heteroatoms. The van der Waals surface area contributed by atoms with Crippen LogP contribution in [-0.2, 0) is 9.59 Å². The lowest BCUT2D eigenvalue weighted by atomic mass is 9.76. The molecule has 0 spiro atoms. The zero-order chi connectivity index (χ0) is 25.1. The molecule has 2 aromatic carbocycles. The van der Waals surface area contributed by atoms with Gasteiger partial charge in [0, 0.05) is 49.0 Å². The van der Waals surface area contributed by atoms with Gasteiger partial charge < -0.3 is 14.5 Å². The number of hydrogen-bond acceptors (Lipinski definition) is 6. The quantitative estimate of drug-likeness (QED) is 0.421. The Kier molecular flexibility index (Phi) is 7.04. The third kappa shape index (κ3) is 4.99. The predicted molar refractivity (Wildman–Crippen MR) is 137 cm³/mol. The third-order valence-electron chi connectivity index (χ3n) is 7.38. The summed E-state index contributed by atoms with van der Waals surface area (Å²) in [5.74, 6) is -0.938. The maximum absolute atomic E-state index is 13.5. The van der Waals surface area contributed by atoms with E-state index < -0.39 is 17.7 Å². The highest BCUT2D eigenvalue weighted by Gasteiger charge is 2.42. The lowest BCUT2D eigenvalue weighted by Gasteiger charge is -2.40. The standard InChI is InChI=1S/C28H32N4O4/c1-19-17-26(23-9-5-6-10-25(23)29-19)36-21-11-12-22(24(18-21)27(33)30-35)28(34)32-15-13-31(14-16-32)20-7-3-2-4-8-20/h2-10,17,21-22,24,35H,11-16,18H2,1H3,(H,30,33). The van der Waals surface area contributed by atoms with E-state index in [2.05, 4.69) is 22.0 Å². The molecule has 0 radical (unpaired) electrons. The Morgan fingerprint density at radius 2 is 1.69 bits per heavy atom. The van der Waals surface area contributed by atoms with E-state index in [0.717, 1.165) is 41.1 Å². The molecule has 1 saturated carbocycles. The molecule has 2 aliphatic rings. The van der Waals surface area contributed by atoms with Crippen molar-refractivity contribution in [1.29, 1.82) is 0 Å². The fourth-order valence-electron chi connectivity index (χ4n) is 5.51. The molecular formula is C28H32N4O4. The van der Waals surface area contributed by atoms with E-state index in [1.54, 1.807) is 5.48 Å². The van der Waals surface area contributed by atoms with Crippen LogP contribution in [0.4, 0.5) is 5.69 Å². The minimum atomic E-state index is -0.650. The van der Waals surface area contributed by atoms with Crippen molar-refractivity contribution in [3.63, 3.8) is 0 Å². The fraction of sp³-hybridized carbons (Fsp3) is 0.393. The number of hydroxylamine groups is 1. The first-order valence-electron chi connectivity index (χ1n) is 12.6. The number of anilines is 1. The first kappa shape index (κ1) is 24.1. The van der Waals surface area contributed by atoms with Gasteiger partial charge in [0.05, 0.1) is 23.5 Å². The van der Waals surface area contributed by atoms with Crippen molar-refractivity contribution in [1.82, 2.24) is 15.4 Å². The Morgan fingerprint density at radius 1 is 0.972 bits per heavy atom. The number of nitrogens with zero attached hydrogens (tertiary/aromatic N) is 3. The molecule has 3 aromatic rings. The van der Waals surface area contributed by atoms with Crippen LogP contribution in [0.15, 0.2) is 60.7 Å². The molecule has 1 aliphatic carbocycles. The van der Waals surface area contributed by atoms with Crippen LogP contribution >= 0.6 is 0 Å². The number of aromatic nitrogens is 1. The van der Waals surface area contributed by atoms with Crippen molar-refractivity contribution in [2.24, 2.45) is 11.8 Å². The van der Waals surface area contributed by atoms with E-state index in [4.69, 9.17) is 4.74 Å². The van der Waals surface area contributed by atoms with Gasteiger partial charge in [-0.25, -0.2) is 5.48 Å². The van der Waals surface area contributed by atoms with Gasteiger partial charge in [-0.1, -0.05) is 30.3 Å². The number of aryl methyl sites for hydroxylation is 1. The van der Waals surface area contributed by atoms with Crippen LogP contribution in [0.2, 0.25) is 0 Å². The van der Waals surface area contributed by atoms with Crippen molar-refractivity contribution < 1.29 is 19.5 Å². The summed E-state index contributed by atoms with van der Waals surface area (Å²) < 4.78 is 6.38. The number of carbonyl (C=O) groups is 2. The molecular weight excluding hydrogens is 456 g/mol. The average Bonchev–Trinajstić information content (AvgIpc) is 2.92. The second-order valence-corrected chi connectivity index (χ2v) is 9.67. The van der Waals surface area contributed by atoms with Crippen molar-refractivity contribution in [3.8, 4) is 5.75 Å². The smallest absolute Gasteiger partial charge is 0.247 e. The highest BCUT2D eigenvalue weighted by Crippen LogP contribution is 2.36. The van der Waals surface area contributed by atoms with Crippen molar-refractivity contribution >= 4 is 28.4 Å². The lowest BCUT2D eigenvalue weighted by Crippen LogP contribution is -2.53. The van der Waals surface area contributed by atoms with Crippen LogP contribution in [0.3, 0.4) is 0 Å². The maximum Gasteiger partial charge on any atom is 0.247 e. The average molecular weight is 489 g/mol. The SMILES string of the molecule is Cc1cc(OC2CCC(C(=O)N3CCN(c4ccccc4)CC3)C(C(=O)NO)C2)c2ccccc2n1. The molecule has 3 unspecified atom stereocenters. The van der Waals surface area contributed by atoms with Gasteiger partial charge in [0.25, 0.3) is 0 Å². The molecule has 1 saturated heterocycles. The summed E-state index contributed by atoms with van der Waals surface area (Å²) in [6, 6.07) is 19.9. The molecule has 2 heterocycles. The van der Waals surface area contributed by atoms with Gasteiger partial charge in [-0.05, 0) is 50.5 Å². The predicted octanol–water partition coefficient (Wildman–Crippen LogP) is 3.56. The van der Waals surface area contributed by atoms with E-state index in [0.29, 0.717) is 32.4 Å². The molecule has 2 amide bonds. The number of ether oxygens (including phenoxy) is 1. The lowest BCUT2D eigenvalue weighted by molar-refractivity contribution is -0.148. The van der Waals surface area contributed by atoms with E-state index in [-0.39, 0.29) is 12.0 Å². The summed E-state index contributed by atoms with van der Waals surface area (Å²) in [7, 11) is 0. The number of benzene rings is 2. The van der Waals surface area contributed by atoms with E-state index in [1.165, 1.54) is 0 Å². The first-order chi connectivity index (χ1) is 17.5. The first-order valence-corrected chi connectivity index (χ1v) is 12.6. The number of piperazine rings is 1. The molecule has 188 valence electrons. The zero-order valence-corrected chi connectivity index (χ0v) is 20.5. The topological polar surface area (TPSA) is 95.0 Å². The monoisotopic (exact) mass is 488 g/mol. The van der Waals surface area contributed by atoms with E-state index >= 15 is 0 Å². The summed E-state index contributed by atoms with van der Waals surface area (Å²) in [4.78, 5) is 34.9.